The van der Waals surface area contributed by atoms with Gasteiger partial charge in [0.05, 0.1) is 7.11 Å². The Morgan fingerprint density at radius 2 is 2.06 bits per heavy atom. The molecule has 0 bridgehead atoms. The average Bonchev–Trinajstić information content (AvgIpc) is 2.26. The van der Waals surface area contributed by atoms with Crippen LogP contribution in [0, 0.1) is 0 Å². The van der Waals surface area contributed by atoms with E-state index in [-0.39, 0.29) is 11.4 Å². The highest BCUT2D eigenvalue weighted by atomic mass is 16.5. The second-order valence-corrected chi connectivity index (χ2v) is 4.69. The van der Waals surface area contributed by atoms with Crippen molar-refractivity contribution in [1.82, 2.24) is 0 Å². The lowest BCUT2D eigenvalue weighted by Gasteiger charge is -2.29. The van der Waals surface area contributed by atoms with Gasteiger partial charge in [0.2, 0.25) is 0 Å². The molecule has 1 aromatic rings. The third-order valence-corrected chi connectivity index (χ3v) is 2.74. The topological polar surface area (TPSA) is 35.5 Å². The van der Waals surface area contributed by atoms with Gasteiger partial charge in [0.25, 0.3) is 0 Å². The van der Waals surface area contributed by atoms with Gasteiger partial charge in [-0.2, -0.15) is 0 Å². The summed E-state index contributed by atoms with van der Waals surface area (Å²) >= 11 is 0. The first-order chi connectivity index (χ1) is 7.93. The smallest absolute Gasteiger partial charge is 0.169 e. The zero-order chi connectivity index (χ0) is 12.6. The fraction of sp³-hybridized carbons (Fsp3) is 0.357. The van der Waals surface area contributed by atoms with Crippen molar-refractivity contribution in [2.45, 2.75) is 26.4 Å². The SMILES string of the molecule is COc1cc(C(C)=O)cc2c1OC(C)(C)C=C2. The minimum Gasteiger partial charge on any atom is -0.493 e. The molecule has 0 fully saturated rings. The van der Waals surface area contributed by atoms with Crippen molar-refractivity contribution in [3.05, 3.63) is 29.3 Å². The average molecular weight is 232 g/mol. The summed E-state index contributed by atoms with van der Waals surface area (Å²) < 4.78 is 11.1. The number of rotatable bonds is 2. The van der Waals surface area contributed by atoms with Gasteiger partial charge in [0, 0.05) is 11.1 Å². The molecule has 1 heterocycles. The Hall–Kier alpha value is -1.77. The predicted molar refractivity (Wildman–Crippen MR) is 66.7 cm³/mol. The molecule has 0 aliphatic carbocycles. The fourth-order valence-electron chi connectivity index (χ4n) is 1.80. The van der Waals surface area contributed by atoms with Crippen LogP contribution in [0.3, 0.4) is 0 Å². The quantitative estimate of drug-likeness (QED) is 0.735. The normalized spacial score (nSPS) is 16.0. The second kappa shape index (κ2) is 3.91. The van der Waals surface area contributed by atoms with Crippen LogP contribution in [0.25, 0.3) is 6.08 Å². The van der Waals surface area contributed by atoms with E-state index in [0.717, 1.165) is 5.56 Å². The van der Waals surface area contributed by atoms with Crippen LogP contribution >= 0.6 is 0 Å². The Kier molecular flexibility index (Phi) is 2.69. The molecule has 0 aromatic heterocycles. The molecule has 0 saturated carbocycles. The van der Waals surface area contributed by atoms with Gasteiger partial charge in [-0.1, -0.05) is 6.08 Å². The van der Waals surface area contributed by atoms with Crippen molar-refractivity contribution in [1.29, 1.82) is 0 Å². The minimum absolute atomic E-state index is 0.0179. The van der Waals surface area contributed by atoms with Crippen molar-refractivity contribution >= 4 is 11.9 Å². The van der Waals surface area contributed by atoms with Gasteiger partial charge in [-0.25, -0.2) is 0 Å². The number of Topliss-reactive ketones (excluding diaryl/α,β-unsaturated/α-hetero) is 1. The van der Waals surface area contributed by atoms with Crippen molar-refractivity contribution in [2.24, 2.45) is 0 Å². The van der Waals surface area contributed by atoms with Gasteiger partial charge in [-0.15, -0.1) is 0 Å². The fourth-order valence-corrected chi connectivity index (χ4v) is 1.80. The van der Waals surface area contributed by atoms with Gasteiger partial charge in [-0.3, -0.25) is 4.79 Å². The number of benzene rings is 1. The molecule has 0 atom stereocenters. The van der Waals surface area contributed by atoms with E-state index in [4.69, 9.17) is 9.47 Å². The zero-order valence-electron chi connectivity index (χ0n) is 10.5. The Bertz CT molecular complexity index is 498. The molecule has 3 heteroatoms. The van der Waals surface area contributed by atoms with E-state index in [9.17, 15) is 4.79 Å². The molecule has 90 valence electrons. The third-order valence-electron chi connectivity index (χ3n) is 2.74. The summed E-state index contributed by atoms with van der Waals surface area (Å²) in [5.41, 5.74) is 1.17. The molecule has 1 aliphatic rings. The Labute approximate surface area is 101 Å². The molecular formula is C14H16O3. The molecular weight excluding hydrogens is 216 g/mol. The molecule has 17 heavy (non-hydrogen) atoms. The molecule has 0 saturated heterocycles. The van der Waals surface area contributed by atoms with Crippen molar-refractivity contribution in [3.8, 4) is 11.5 Å². The summed E-state index contributed by atoms with van der Waals surface area (Å²) in [4.78, 5) is 11.4. The first-order valence-electron chi connectivity index (χ1n) is 5.54. The van der Waals surface area contributed by atoms with Gasteiger partial charge in [-0.05, 0) is 39.0 Å². The van der Waals surface area contributed by atoms with E-state index in [2.05, 4.69) is 0 Å². The van der Waals surface area contributed by atoms with Crippen LogP contribution in [0.1, 0.15) is 36.7 Å². The summed E-state index contributed by atoms with van der Waals surface area (Å²) in [5, 5.41) is 0. The number of ether oxygens (including phenoxy) is 2. The number of carbonyl (C=O) groups is 1. The highest BCUT2D eigenvalue weighted by molar-refractivity contribution is 5.95. The monoisotopic (exact) mass is 232 g/mol. The Balaban J connectivity index is 2.58. The second-order valence-electron chi connectivity index (χ2n) is 4.69. The molecule has 1 aliphatic heterocycles. The third kappa shape index (κ3) is 2.18. The maximum absolute atomic E-state index is 11.4. The first kappa shape index (κ1) is 11.7. The van der Waals surface area contributed by atoms with E-state index in [1.165, 1.54) is 0 Å². The minimum atomic E-state index is -0.349. The first-order valence-corrected chi connectivity index (χ1v) is 5.54. The molecule has 0 amide bonds. The number of carbonyl (C=O) groups excluding carboxylic acids is 1. The summed E-state index contributed by atoms with van der Waals surface area (Å²) in [6.45, 7) is 5.49. The summed E-state index contributed by atoms with van der Waals surface area (Å²) in [7, 11) is 1.58. The van der Waals surface area contributed by atoms with Crippen LogP contribution in [0.15, 0.2) is 18.2 Å². The van der Waals surface area contributed by atoms with Crippen LogP contribution in [-0.2, 0) is 0 Å². The molecule has 0 N–H and O–H groups in total. The number of fused-ring (bicyclic) bond motifs is 1. The highest BCUT2D eigenvalue weighted by Crippen LogP contribution is 2.39. The van der Waals surface area contributed by atoms with Crippen molar-refractivity contribution in [3.63, 3.8) is 0 Å². The van der Waals surface area contributed by atoms with Crippen LogP contribution in [0.5, 0.6) is 11.5 Å². The van der Waals surface area contributed by atoms with Gasteiger partial charge >= 0.3 is 0 Å². The lowest BCUT2D eigenvalue weighted by molar-refractivity contribution is 0.101. The van der Waals surface area contributed by atoms with E-state index in [1.54, 1.807) is 20.1 Å². The van der Waals surface area contributed by atoms with Gasteiger partial charge < -0.3 is 9.47 Å². The van der Waals surface area contributed by atoms with Crippen LogP contribution in [0.4, 0.5) is 0 Å². The Morgan fingerprint density at radius 3 is 2.65 bits per heavy atom. The lowest BCUT2D eigenvalue weighted by Crippen LogP contribution is -2.27. The standard InChI is InChI=1S/C14H16O3/c1-9(15)11-7-10-5-6-14(2,3)17-13(10)12(8-11)16-4/h5-8H,1-4H3. The number of ketones is 1. The molecule has 3 nitrogen and oxygen atoms in total. The number of hydrogen-bond acceptors (Lipinski definition) is 3. The van der Waals surface area contributed by atoms with Crippen LogP contribution in [0.2, 0.25) is 0 Å². The summed E-state index contributed by atoms with van der Waals surface area (Å²) in [6.07, 6.45) is 3.94. The zero-order valence-corrected chi connectivity index (χ0v) is 10.5. The van der Waals surface area contributed by atoms with E-state index in [1.807, 2.05) is 32.1 Å². The summed E-state index contributed by atoms with van der Waals surface area (Å²) in [6, 6.07) is 3.54. The van der Waals surface area contributed by atoms with Crippen LogP contribution in [-0.4, -0.2) is 18.5 Å². The lowest BCUT2D eigenvalue weighted by atomic mass is 9.99. The highest BCUT2D eigenvalue weighted by Gasteiger charge is 2.25. The van der Waals surface area contributed by atoms with Crippen molar-refractivity contribution in [2.75, 3.05) is 7.11 Å². The van der Waals surface area contributed by atoms with Gasteiger partial charge in [0.1, 0.15) is 5.60 Å². The maximum atomic E-state index is 11.4. The number of hydrogen-bond donors (Lipinski definition) is 0. The Morgan fingerprint density at radius 1 is 1.35 bits per heavy atom. The largest absolute Gasteiger partial charge is 0.493 e. The molecule has 0 radical (unpaired) electrons. The van der Waals surface area contributed by atoms with Gasteiger partial charge in [0.15, 0.2) is 17.3 Å². The van der Waals surface area contributed by atoms with E-state index >= 15 is 0 Å². The van der Waals surface area contributed by atoms with Crippen LogP contribution < -0.4 is 9.47 Å². The maximum Gasteiger partial charge on any atom is 0.169 e. The summed E-state index contributed by atoms with van der Waals surface area (Å²) in [5.74, 6) is 1.32. The van der Waals surface area contributed by atoms with Crippen molar-refractivity contribution < 1.29 is 14.3 Å². The van der Waals surface area contributed by atoms with E-state index in [0.29, 0.717) is 17.1 Å². The number of methoxy groups -OCH3 is 1. The molecule has 2 rings (SSSR count). The molecule has 0 spiro atoms. The van der Waals surface area contributed by atoms with E-state index < -0.39 is 0 Å². The predicted octanol–water partition coefficient (Wildman–Crippen LogP) is 3.08. The molecule has 1 aromatic carbocycles. The molecule has 0 unspecified atom stereocenters.